The van der Waals surface area contributed by atoms with Crippen LogP contribution in [0.2, 0.25) is 15.1 Å². The van der Waals surface area contributed by atoms with Gasteiger partial charge in [0, 0.05) is 29.2 Å². The fourth-order valence-electron chi connectivity index (χ4n) is 1.80. The molecule has 0 aliphatic carbocycles. The van der Waals surface area contributed by atoms with E-state index in [1.165, 1.54) is 18.2 Å². The Bertz CT molecular complexity index is 815. The molecule has 0 aliphatic heterocycles. The van der Waals surface area contributed by atoms with E-state index in [2.05, 4.69) is 27.8 Å². The molecule has 0 saturated carbocycles. The van der Waals surface area contributed by atoms with E-state index < -0.39 is 4.92 Å². The van der Waals surface area contributed by atoms with Crippen molar-refractivity contribution < 1.29 is 9.66 Å². The van der Waals surface area contributed by atoms with Crippen LogP contribution < -0.4 is 10.1 Å². The minimum absolute atomic E-state index is 0.0703. The van der Waals surface area contributed by atoms with Crippen LogP contribution in [0.15, 0.2) is 41.4 Å². The number of hydrogen-bond donors (Lipinski definition) is 1. The maximum absolute atomic E-state index is 11.1. The Kier molecular flexibility index (Phi) is 6.34. The third-order valence-electron chi connectivity index (χ3n) is 2.88. The molecule has 0 aliphatic rings. The highest BCUT2D eigenvalue weighted by Crippen LogP contribution is 2.41. The van der Waals surface area contributed by atoms with Crippen LogP contribution in [0.4, 0.5) is 11.4 Å². The van der Waals surface area contributed by atoms with E-state index in [9.17, 15) is 10.1 Å². The Morgan fingerprint density at radius 3 is 2.42 bits per heavy atom. The van der Waals surface area contributed by atoms with Gasteiger partial charge in [-0.25, -0.2) is 0 Å². The number of hydrogen-bond acceptors (Lipinski definition) is 4. The lowest BCUT2D eigenvalue weighted by molar-refractivity contribution is -0.383. The zero-order chi connectivity index (χ0) is 17.9. The molecule has 9 heteroatoms. The van der Waals surface area contributed by atoms with Gasteiger partial charge in [0.05, 0.1) is 20.0 Å². The van der Waals surface area contributed by atoms with Gasteiger partial charge < -0.3 is 10.1 Å². The molecule has 0 aromatic heterocycles. The summed E-state index contributed by atoms with van der Waals surface area (Å²) in [6, 6.07) is 5.73. The summed E-state index contributed by atoms with van der Waals surface area (Å²) in [5.41, 5.74) is 0.0766. The van der Waals surface area contributed by atoms with Crippen LogP contribution in [0.5, 0.6) is 11.5 Å². The van der Waals surface area contributed by atoms with Crippen molar-refractivity contribution in [2.75, 3.05) is 11.9 Å². The second-order valence-corrected chi connectivity index (χ2v) is 6.60. The van der Waals surface area contributed by atoms with Crippen molar-refractivity contribution in [3.05, 3.63) is 66.6 Å². The predicted octanol–water partition coefficient (Wildman–Crippen LogP) is 6.71. The van der Waals surface area contributed by atoms with Crippen molar-refractivity contribution >= 4 is 62.1 Å². The summed E-state index contributed by atoms with van der Waals surface area (Å²) >= 11 is 21.5. The number of anilines is 1. The van der Waals surface area contributed by atoms with Gasteiger partial charge >= 0.3 is 0 Å². The third kappa shape index (κ3) is 4.33. The predicted molar refractivity (Wildman–Crippen MR) is 101 cm³/mol. The minimum atomic E-state index is -0.537. The van der Waals surface area contributed by atoms with Crippen molar-refractivity contribution in [1.82, 2.24) is 0 Å². The highest BCUT2D eigenvalue weighted by atomic mass is 79.9. The average Bonchev–Trinajstić information content (AvgIpc) is 2.52. The molecule has 2 rings (SSSR count). The van der Waals surface area contributed by atoms with Gasteiger partial charge in [-0.2, -0.15) is 0 Å². The summed E-state index contributed by atoms with van der Waals surface area (Å²) in [7, 11) is 0. The minimum Gasteiger partial charge on any atom is -0.454 e. The van der Waals surface area contributed by atoms with E-state index in [0.29, 0.717) is 21.1 Å². The number of rotatable bonds is 6. The number of benzene rings is 2. The molecule has 0 spiro atoms. The Labute approximate surface area is 161 Å². The molecule has 0 atom stereocenters. The number of nitro groups is 1. The van der Waals surface area contributed by atoms with Gasteiger partial charge in [0.1, 0.15) is 17.2 Å². The lowest BCUT2D eigenvalue weighted by atomic mass is 10.2. The summed E-state index contributed by atoms with van der Waals surface area (Å²) in [5.74, 6) is 0.476. The zero-order valence-corrected chi connectivity index (χ0v) is 15.8. The first-order valence-electron chi connectivity index (χ1n) is 6.48. The smallest absolute Gasteiger partial charge is 0.294 e. The topological polar surface area (TPSA) is 64.4 Å². The normalized spacial score (nSPS) is 10.3. The van der Waals surface area contributed by atoms with Crippen molar-refractivity contribution in [1.29, 1.82) is 0 Å². The first kappa shape index (κ1) is 18.9. The molecule has 0 bridgehead atoms. The van der Waals surface area contributed by atoms with E-state index in [1.807, 2.05) is 0 Å². The van der Waals surface area contributed by atoms with Crippen LogP contribution in [0.3, 0.4) is 0 Å². The highest BCUT2D eigenvalue weighted by molar-refractivity contribution is 9.10. The Balaban J connectivity index is 2.45. The van der Waals surface area contributed by atoms with Crippen LogP contribution in [-0.2, 0) is 0 Å². The molecule has 0 unspecified atom stereocenters. The van der Waals surface area contributed by atoms with Crippen LogP contribution in [0, 0.1) is 10.1 Å². The molecule has 2 aromatic carbocycles. The van der Waals surface area contributed by atoms with Crippen LogP contribution in [0.25, 0.3) is 0 Å². The van der Waals surface area contributed by atoms with Crippen LogP contribution in [-0.4, -0.2) is 11.5 Å². The van der Waals surface area contributed by atoms with E-state index in [1.54, 1.807) is 12.1 Å². The maximum Gasteiger partial charge on any atom is 0.294 e. The standard InChI is InChI=1S/C15H10BrCl3N2O3/c1-2-3-20-12-7-15(11(19)5-13(12)21(22)23)24-14-6-9(17)8(16)4-10(14)18/h2,4-7,20H,1,3H2. The van der Waals surface area contributed by atoms with Gasteiger partial charge in [0.25, 0.3) is 5.69 Å². The number of nitrogens with zero attached hydrogens (tertiary/aromatic N) is 1. The lowest BCUT2D eigenvalue weighted by Gasteiger charge is -2.13. The molecule has 5 nitrogen and oxygen atoms in total. The first-order valence-corrected chi connectivity index (χ1v) is 8.41. The fourth-order valence-corrected chi connectivity index (χ4v) is 2.82. The summed E-state index contributed by atoms with van der Waals surface area (Å²) in [6.45, 7) is 3.90. The third-order valence-corrected chi connectivity index (χ3v) is 4.67. The zero-order valence-electron chi connectivity index (χ0n) is 12.0. The molecule has 1 N–H and O–H groups in total. The monoisotopic (exact) mass is 450 g/mol. The summed E-state index contributed by atoms with van der Waals surface area (Å²) in [5, 5.41) is 14.8. The molecular weight excluding hydrogens is 442 g/mol. The van der Waals surface area contributed by atoms with Gasteiger partial charge in [-0.3, -0.25) is 10.1 Å². The quantitative estimate of drug-likeness (QED) is 0.229. The average molecular weight is 453 g/mol. The molecule has 0 radical (unpaired) electrons. The fraction of sp³-hybridized carbons (Fsp3) is 0.0667. The maximum atomic E-state index is 11.1. The SMILES string of the molecule is C=CCNc1cc(Oc2cc(Cl)c(Br)cc2Cl)c(Cl)cc1[N+](=O)[O-]. The second kappa shape index (κ2) is 8.07. The van der Waals surface area contributed by atoms with E-state index in [-0.39, 0.29) is 27.9 Å². The molecule has 0 fully saturated rings. The Morgan fingerprint density at radius 2 is 1.79 bits per heavy atom. The molecule has 126 valence electrons. The number of ether oxygens (including phenoxy) is 1. The molecule has 0 saturated heterocycles. The number of halogens is 4. The van der Waals surface area contributed by atoms with Gasteiger partial charge in [-0.1, -0.05) is 40.9 Å². The summed E-state index contributed by atoms with van der Waals surface area (Å²) in [6.07, 6.45) is 1.57. The van der Waals surface area contributed by atoms with Crippen molar-refractivity contribution in [3.8, 4) is 11.5 Å². The van der Waals surface area contributed by atoms with Crippen LogP contribution >= 0.6 is 50.7 Å². The molecule has 0 amide bonds. The van der Waals surface area contributed by atoms with Gasteiger partial charge in [0.2, 0.25) is 0 Å². The Hall–Kier alpha value is -1.47. The van der Waals surface area contributed by atoms with Gasteiger partial charge in [0.15, 0.2) is 0 Å². The summed E-state index contributed by atoms with van der Waals surface area (Å²) < 4.78 is 6.29. The molecule has 2 aromatic rings. The number of nitro benzene ring substituents is 1. The van der Waals surface area contributed by atoms with E-state index in [0.717, 1.165) is 0 Å². The highest BCUT2D eigenvalue weighted by Gasteiger charge is 2.19. The van der Waals surface area contributed by atoms with E-state index >= 15 is 0 Å². The van der Waals surface area contributed by atoms with E-state index in [4.69, 9.17) is 39.5 Å². The molecule has 0 heterocycles. The van der Waals surface area contributed by atoms with Crippen LogP contribution in [0.1, 0.15) is 0 Å². The number of nitrogens with one attached hydrogen (secondary N) is 1. The van der Waals surface area contributed by atoms with Crippen molar-refractivity contribution in [2.24, 2.45) is 0 Å². The molecular formula is C15H10BrCl3N2O3. The summed E-state index contributed by atoms with van der Waals surface area (Å²) in [4.78, 5) is 10.6. The van der Waals surface area contributed by atoms with Gasteiger partial charge in [-0.15, -0.1) is 6.58 Å². The largest absolute Gasteiger partial charge is 0.454 e. The first-order chi connectivity index (χ1) is 11.3. The lowest BCUT2D eigenvalue weighted by Crippen LogP contribution is -2.02. The van der Waals surface area contributed by atoms with Crippen molar-refractivity contribution in [3.63, 3.8) is 0 Å². The molecule has 24 heavy (non-hydrogen) atoms. The van der Waals surface area contributed by atoms with Gasteiger partial charge in [-0.05, 0) is 22.0 Å². The van der Waals surface area contributed by atoms with Crippen molar-refractivity contribution in [2.45, 2.75) is 0 Å². The second-order valence-electron chi connectivity index (χ2n) is 4.53. The Morgan fingerprint density at radius 1 is 1.17 bits per heavy atom.